The van der Waals surface area contributed by atoms with Crippen molar-refractivity contribution < 1.29 is 14.6 Å². The molecular weight excluding hydrogens is 206 g/mol. The van der Waals surface area contributed by atoms with Gasteiger partial charge >= 0.3 is 6.09 Å². The van der Waals surface area contributed by atoms with Gasteiger partial charge in [-0.15, -0.1) is 6.42 Å². The van der Waals surface area contributed by atoms with Crippen molar-refractivity contribution in [2.24, 2.45) is 5.92 Å². The van der Waals surface area contributed by atoms with Crippen LogP contribution in [-0.2, 0) is 4.74 Å². The predicted octanol–water partition coefficient (Wildman–Crippen LogP) is 0.990. The summed E-state index contributed by atoms with van der Waals surface area (Å²) in [7, 11) is 1.36. The lowest BCUT2D eigenvalue weighted by Crippen LogP contribution is -2.45. The summed E-state index contributed by atoms with van der Waals surface area (Å²) in [5.41, 5.74) is 0. The molecule has 4 atom stereocenters. The van der Waals surface area contributed by atoms with Gasteiger partial charge in [-0.25, -0.2) is 4.79 Å². The Bertz CT molecular complexity index is 323. The number of nitrogens with zero attached hydrogens (tertiary/aromatic N) is 1. The molecular formula is C12H17NO3. The van der Waals surface area contributed by atoms with Crippen LogP contribution in [0.15, 0.2) is 0 Å². The molecule has 1 aliphatic carbocycles. The van der Waals surface area contributed by atoms with E-state index in [1.54, 1.807) is 4.90 Å². The quantitative estimate of drug-likeness (QED) is 0.623. The summed E-state index contributed by atoms with van der Waals surface area (Å²) < 4.78 is 4.76. The molecule has 16 heavy (non-hydrogen) atoms. The first-order valence-corrected chi connectivity index (χ1v) is 5.69. The van der Waals surface area contributed by atoms with E-state index in [9.17, 15) is 9.90 Å². The van der Waals surface area contributed by atoms with E-state index in [-0.39, 0.29) is 30.2 Å². The molecule has 88 valence electrons. The molecule has 2 fully saturated rings. The van der Waals surface area contributed by atoms with Crippen LogP contribution in [0.2, 0.25) is 0 Å². The zero-order valence-electron chi connectivity index (χ0n) is 9.43. The van der Waals surface area contributed by atoms with Crippen molar-refractivity contribution in [2.45, 2.75) is 43.9 Å². The number of methoxy groups -OCH3 is 1. The van der Waals surface area contributed by atoms with Gasteiger partial charge in [0, 0.05) is 12.0 Å². The van der Waals surface area contributed by atoms with Crippen LogP contribution in [0, 0.1) is 18.3 Å². The van der Waals surface area contributed by atoms with Crippen molar-refractivity contribution in [1.29, 1.82) is 0 Å². The first kappa shape index (κ1) is 11.3. The summed E-state index contributed by atoms with van der Waals surface area (Å²) in [5.74, 6) is 2.74. The maximum absolute atomic E-state index is 11.7. The highest BCUT2D eigenvalue weighted by Crippen LogP contribution is 2.39. The second-order valence-electron chi connectivity index (χ2n) is 4.52. The summed E-state index contributed by atoms with van der Waals surface area (Å²) in [5, 5.41) is 9.92. The lowest BCUT2D eigenvalue weighted by Gasteiger charge is -2.34. The molecule has 1 N–H and O–H groups in total. The van der Waals surface area contributed by atoms with Crippen molar-refractivity contribution in [3.05, 3.63) is 0 Å². The van der Waals surface area contributed by atoms with Gasteiger partial charge in [0.1, 0.15) is 0 Å². The number of fused-ring (bicyclic) bond motifs is 1. The molecule has 0 bridgehead atoms. The summed E-state index contributed by atoms with van der Waals surface area (Å²) in [6.45, 7) is 0. The van der Waals surface area contributed by atoms with E-state index in [1.165, 1.54) is 7.11 Å². The third-order valence-corrected chi connectivity index (χ3v) is 3.75. The average molecular weight is 223 g/mol. The van der Waals surface area contributed by atoms with Crippen LogP contribution >= 0.6 is 0 Å². The molecule has 0 aromatic rings. The number of hydrogen-bond donors (Lipinski definition) is 1. The number of aliphatic hydroxyl groups is 1. The van der Waals surface area contributed by atoms with Gasteiger partial charge in [-0.05, 0) is 25.7 Å². The van der Waals surface area contributed by atoms with Crippen LogP contribution in [0.3, 0.4) is 0 Å². The van der Waals surface area contributed by atoms with Crippen molar-refractivity contribution in [2.75, 3.05) is 7.11 Å². The number of hydrogen-bond acceptors (Lipinski definition) is 3. The molecule has 1 heterocycles. The minimum Gasteiger partial charge on any atom is -0.453 e. The summed E-state index contributed by atoms with van der Waals surface area (Å²) >= 11 is 0. The molecule has 0 aromatic carbocycles. The largest absolute Gasteiger partial charge is 0.453 e. The molecule has 4 heteroatoms. The Hall–Kier alpha value is -1.21. The molecule has 0 spiro atoms. The minimum absolute atomic E-state index is 0.0530. The van der Waals surface area contributed by atoms with E-state index >= 15 is 0 Å². The van der Waals surface area contributed by atoms with Gasteiger partial charge < -0.3 is 9.84 Å². The Morgan fingerprint density at radius 2 is 2.31 bits per heavy atom. The molecule has 0 radical (unpaired) electrons. The molecule has 0 aromatic heterocycles. The van der Waals surface area contributed by atoms with E-state index in [4.69, 9.17) is 11.2 Å². The van der Waals surface area contributed by atoms with Gasteiger partial charge in [0.05, 0.1) is 19.3 Å². The molecule has 1 saturated carbocycles. The highest BCUT2D eigenvalue weighted by Gasteiger charge is 2.47. The van der Waals surface area contributed by atoms with E-state index < -0.39 is 0 Å². The predicted molar refractivity (Wildman–Crippen MR) is 58.6 cm³/mol. The fourth-order valence-corrected chi connectivity index (χ4v) is 3.00. The second-order valence-corrected chi connectivity index (χ2v) is 4.52. The highest BCUT2D eigenvalue weighted by atomic mass is 16.5. The van der Waals surface area contributed by atoms with Gasteiger partial charge in [-0.2, -0.15) is 0 Å². The number of aliphatic hydroxyl groups excluding tert-OH is 1. The molecule has 2 rings (SSSR count). The van der Waals surface area contributed by atoms with Crippen LogP contribution in [-0.4, -0.2) is 41.4 Å². The monoisotopic (exact) mass is 223 g/mol. The zero-order valence-corrected chi connectivity index (χ0v) is 9.43. The summed E-state index contributed by atoms with van der Waals surface area (Å²) in [6.07, 6.45) is 8.09. The minimum atomic E-state index is -0.371. The third kappa shape index (κ3) is 1.65. The van der Waals surface area contributed by atoms with Crippen molar-refractivity contribution >= 4 is 6.09 Å². The molecule has 2 unspecified atom stereocenters. The third-order valence-electron chi connectivity index (χ3n) is 3.75. The Kier molecular flexibility index (Phi) is 3.06. The van der Waals surface area contributed by atoms with Gasteiger partial charge in [0.25, 0.3) is 0 Å². The molecule has 1 saturated heterocycles. The Balaban J connectivity index is 2.22. The molecule has 1 aliphatic heterocycles. The number of terminal acetylenes is 1. The number of ether oxygens (including phenoxy) is 1. The fourth-order valence-electron chi connectivity index (χ4n) is 3.00. The average Bonchev–Trinajstić information content (AvgIpc) is 2.68. The molecule has 1 amide bonds. The number of amides is 1. The van der Waals surface area contributed by atoms with E-state index in [1.807, 2.05) is 0 Å². The van der Waals surface area contributed by atoms with Crippen LogP contribution in [0.5, 0.6) is 0 Å². The van der Waals surface area contributed by atoms with Crippen LogP contribution in [0.1, 0.15) is 25.7 Å². The van der Waals surface area contributed by atoms with E-state index in [0.29, 0.717) is 6.42 Å². The first-order valence-electron chi connectivity index (χ1n) is 5.69. The van der Waals surface area contributed by atoms with Crippen molar-refractivity contribution in [3.63, 3.8) is 0 Å². The molecule has 2 aliphatic rings. The van der Waals surface area contributed by atoms with Crippen molar-refractivity contribution in [3.8, 4) is 12.3 Å². The van der Waals surface area contributed by atoms with Crippen LogP contribution < -0.4 is 0 Å². The van der Waals surface area contributed by atoms with E-state index in [2.05, 4.69) is 5.92 Å². The Morgan fingerprint density at radius 3 is 2.94 bits per heavy atom. The zero-order chi connectivity index (χ0) is 11.7. The topological polar surface area (TPSA) is 49.8 Å². The van der Waals surface area contributed by atoms with Gasteiger partial charge in [-0.3, -0.25) is 4.90 Å². The van der Waals surface area contributed by atoms with E-state index in [0.717, 1.165) is 19.3 Å². The highest BCUT2D eigenvalue weighted by molar-refractivity contribution is 5.69. The van der Waals surface area contributed by atoms with Crippen LogP contribution in [0.4, 0.5) is 4.79 Å². The molecule has 4 nitrogen and oxygen atoms in total. The van der Waals surface area contributed by atoms with Gasteiger partial charge in [-0.1, -0.05) is 5.92 Å². The normalized spacial score (nSPS) is 37.7. The SMILES string of the molecule is C#CC1CC2[C@@H](CCC[C@@H]2O)N1C(=O)OC. The van der Waals surface area contributed by atoms with Crippen molar-refractivity contribution in [1.82, 2.24) is 4.90 Å². The lowest BCUT2D eigenvalue weighted by atomic mass is 9.82. The second kappa shape index (κ2) is 4.34. The fraction of sp³-hybridized carbons (Fsp3) is 0.750. The Morgan fingerprint density at radius 1 is 1.56 bits per heavy atom. The number of likely N-dealkylation sites (tertiary alicyclic amines) is 1. The number of carbonyl (C=O) groups excluding carboxylic acids is 1. The maximum Gasteiger partial charge on any atom is 0.410 e. The Labute approximate surface area is 95.6 Å². The van der Waals surface area contributed by atoms with Gasteiger partial charge in [0.15, 0.2) is 0 Å². The number of rotatable bonds is 0. The lowest BCUT2D eigenvalue weighted by molar-refractivity contribution is 0.0382. The smallest absolute Gasteiger partial charge is 0.410 e. The summed E-state index contributed by atoms with van der Waals surface area (Å²) in [6, 6.07) is -0.174. The summed E-state index contributed by atoms with van der Waals surface area (Å²) in [4.78, 5) is 13.3. The number of carbonyl (C=O) groups is 1. The maximum atomic E-state index is 11.7. The first-order chi connectivity index (χ1) is 7.69. The van der Waals surface area contributed by atoms with Gasteiger partial charge in [0.2, 0.25) is 0 Å². The van der Waals surface area contributed by atoms with Crippen LogP contribution in [0.25, 0.3) is 0 Å². The standard InChI is InChI=1S/C12H17NO3/c1-3-8-7-9-10(5-4-6-11(9)14)13(8)12(15)16-2/h1,8-11,14H,4-7H2,2H3/t8?,9?,10-,11+/m1/s1.